The number of alkyl halides is 1. The molecule has 0 radical (unpaired) electrons. The van der Waals surface area contributed by atoms with Crippen LogP contribution in [0.15, 0.2) is 54.6 Å². The van der Waals surface area contributed by atoms with Crippen molar-refractivity contribution in [2.75, 3.05) is 19.8 Å². The maximum Gasteiger partial charge on any atom is 0.246 e. The van der Waals surface area contributed by atoms with Crippen LogP contribution in [0.1, 0.15) is 17.5 Å². The van der Waals surface area contributed by atoms with E-state index in [0.29, 0.717) is 25.6 Å². The number of hydrogen-bond acceptors (Lipinski definition) is 3. The van der Waals surface area contributed by atoms with E-state index in [-0.39, 0.29) is 12.5 Å². The van der Waals surface area contributed by atoms with Crippen molar-refractivity contribution in [3.63, 3.8) is 0 Å². The third-order valence-electron chi connectivity index (χ3n) is 3.31. The third-order valence-corrected chi connectivity index (χ3v) is 3.62. The Labute approximate surface area is 147 Å². The first-order valence-corrected chi connectivity index (χ1v) is 8.47. The number of amides is 1. The Hall–Kier alpha value is -2.04. The molecule has 0 atom stereocenters. The minimum Gasteiger partial charge on any atom is -0.494 e. The van der Waals surface area contributed by atoms with Crippen molar-refractivity contribution >= 4 is 17.5 Å². The quantitative estimate of drug-likeness (QED) is 0.528. The summed E-state index contributed by atoms with van der Waals surface area (Å²) in [5, 5.41) is 2.81. The Morgan fingerprint density at radius 1 is 1.04 bits per heavy atom. The lowest BCUT2D eigenvalue weighted by atomic mass is 10.2. The number of hydrogen-bond donors (Lipinski definition) is 1. The first-order valence-electron chi connectivity index (χ1n) is 7.94. The van der Waals surface area contributed by atoms with Gasteiger partial charge in [-0.3, -0.25) is 4.79 Å². The van der Waals surface area contributed by atoms with E-state index in [1.54, 1.807) is 0 Å². The SMILES string of the molecule is O=C(COCc1ccccc1)NCCCOc1cccc(CCl)c1. The van der Waals surface area contributed by atoms with Gasteiger partial charge in [0, 0.05) is 12.4 Å². The van der Waals surface area contributed by atoms with Gasteiger partial charge in [-0.1, -0.05) is 42.5 Å². The van der Waals surface area contributed by atoms with E-state index < -0.39 is 0 Å². The smallest absolute Gasteiger partial charge is 0.246 e. The molecule has 0 aliphatic carbocycles. The fourth-order valence-corrected chi connectivity index (χ4v) is 2.26. The van der Waals surface area contributed by atoms with Gasteiger partial charge in [-0.05, 0) is 29.7 Å². The molecule has 1 amide bonds. The monoisotopic (exact) mass is 347 g/mol. The van der Waals surface area contributed by atoms with E-state index in [1.165, 1.54) is 0 Å². The molecule has 128 valence electrons. The molecular formula is C19H22ClNO3. The standard InChI is InChI=1S/C19H22ClNO3/c20-13-17-8-4-9-18(12-17)24-11-5-10-21-19(22)15-23-14-16-6-2-1-3-7-16/h1-4,6-9,12H,5,10-11,13-15H2,(H,21,22). The molecule has 2 aromatic carbocycles. The van der Waals surface area contributed by atoms with Gasteiger partial charge in [0.2, 0.25) is 5.91 Å². The maximum atomic E-state index is 11.7. The van der Waals surface area contributed by atoms with E-state index >= 15 is 0 Å². The van der Waals surface area contributed by atoms with Crippen LogP contribution in [-0.4, -0.2) is 25.7 Å². The molecule has 0 heterocycles. The second-order valence-corrected chi connectivity index (χ2v) is 5.58. The Bertz CT molecular complexity index is 619. The Balaban J connectivity index is 1.53. The molecule has 0 aliphatic rings. The molecule has 2 aromatic rings. The molecular weight excluding hydrogens is 326 g/mol. The van der Waals surface area contributed by atoms with Crippen LogP contribution in [0, 0.1) is 0 Å². The van der Waals surface area contributed by atoms with Gasteiger partial charge in [0.15, 0.2) is 0 Å². The van der Waals surface area contributed by atoms with Crippen LogP contribution in [0.4, 0.5) is 0 Å². The highest BCUT2D eigenvalue weighted by atomic mass is 35.5. The van der Waals surface area contributed by atoms with Crippen molar-refractivity contribution < 1.29 is 14.3 Å². The molecule has 0 spiro atoms. The van der Waals surface area contributed by atoms with Gasteiger partial charge >= 0.3 is 0 Å². The zero-order valence-corrected chi connectivity index (χ0v) is 14.3. The summed E-state index contributed by atoms with van der Waals surface area (Å²) < 4.78 is 11.0. The first-order chi connectivity index (χ1) is 11.8. The molecule has 0 aliphatic heterocycles. The number of ether oxygens (including phenoxy) is 2. The maximum absolute atomic E-state index is 11.7. The van der Waals surface area contributed by atoms with Crippen LogP contribution in [0.3, 0.4) is 0 Å². The van der Waals surface area contributed by atoms with Gasteiger partial charge in [-0.15, -0.1) is 11.6 Å². The molecule has 0 fully saturated rings. The molecule has 0 saturated carbocycles. The lowest BCUT2D eigenvalue weighted by molar-refractivity contribution is -0.126. The minimum atomic E-state index is -0.116. The number of rotatable bonds is 10. The summed E-state index contributed by atoms with van der Waals surface area (Å²) in [5.74, 6) is 1.15. The predicted molar refractivity (Wildman–Crippen MR) is 95.2 cm³/mol. The molecule has 0 saturated heterocycles. The van der Waals surface area contributed by atoms with Gasteiger partial charge in [0.05, 0.1) is 13.2 Å². The summed E-state index contributed by atoms with van der Waals surface area (Å²) in [6.45, 7) is 1.60. The van der Waals surface area contributed by atoms with Crippen molar-refractivity contribution in [3.8, 4) is 5.75 Å². The number of carbonyl (C=O) groups excluding carboxylic acids is 1. The highest BCUT2D eigenvalue weighted by Crippen LogP contribution is 2.14. The number of nitrogens with one attached hydrogen (secondary N) is 1. The second kappa shape index (κ2) is 10.7. The normalized spacial score (nSPS) is 10.4. The highest BCUT2D eigenvalue weighted by molar-refractivity contribution is 6.17. The molecule has 0 aromatic heterocycles. The average Bonchev–Trinajstić information content (AvgIpc) is 2.62. The molecule has 0 bridgehead atoms. The van der Waals surface area contributed by atoms with Crippen molar-refractivity contribution in [1.29, 1.82) is 0 Å². The van der Waals surface area contributed by atoms with Crippen molar-refractivity contribution in [1.82, 2.24) is 5.32 Å². The van der Waals surface area contributed by atoms with E-state index in [0.717, 1.165) is 23.3 Å². The van der Waals surface area contributed by atoms with Gasteiger partial charge < -0.3 is 14.8 Å². The zero-order valence-electron chi connectivity index (χ0n) is 13.5. The summed E-state index contributed by atoms with van der Waals surface area (Å²) in [5.41, 5.74) is 2.08. The Morgan fingerprint density at radius 3 is 2.62 bits per heavy atom. The van der Waals surface area contributed by atoms with Crippen LogP contribution < -0.4 is 10.1 Å². The van der Waals surface area contributed by atoms with Gasteiger partial charge in [0.25, 0.3) is 0 Å². The molecule has 5 heteroatoms. The Kier molecular flexibility index (Phi) is 8.15. The van der Waals surface area contributed by atoms with Crippen LogP contribution in [0.25, 0.3) is 0 Å². The number of carbonyl (C=O) groups is 1. The summed E-state index contributed by atoms with van der Waals surface area (Å²) in [7, 11) is 0. The van der Waals surface area contributed by atoms with E-state index in [2.05, 4.69) is 5.32 Å². The van der Waals surface area contributed by atoms with Crippen LogP contribution >= 0.6 is 11.6 Å². The van der Waals surface area contributed by atoms with Crippen molar-refractivity contribution in [2.24, 2.45) is 0 Å². The fraction of sp³-hybridized carbons (Fsp3) is 0.316. The summed E-state index contributed by atoms with van der Waals surface area (Å²) in [6, 6.07) is 17.5. The van der Waals surface area contributed by atoms with Crippen LogP contribution in [0.2, 0.25) is 0 Å². The largest absolute Gasteiger partial charge is 0.494 e. The molecule has 24 heavy (non-hydrogen) atoms. The van der Waals surface area contributed by atoms with Gasteiger partial charge in [0.1, 0.15) is 12.4 Å². The summed E-state index contributed by atoms with van der Waals surface area (Å²) in [4.78, 5) is 11.7. The van der Waals surface area contributed by atoms with E-state index in [4.69, 9.17) is 21.1 Å². The lowest BCUT2D eigenvalue weighted by Crippen LogP contribution is -2.29. The van der Waals surface area contributed by atoms with Crippen LogP contribution in [-0.2, 0) is 22.0 Å². The fourth-order valence-electron chi connectivity index (χ4n) is 2.10. The van der Waals surface area contributed by atoms with Crippen molar-refractivity contribution in [2.45, 2.75) is 18.9 Å². The van der Waals surface area contributed by atoms with Gasteiger partial charge in [-0.25, -0.2) is 0 Å². The average molecular weight is 348 g/mol. The van der Waals surface area contributed by atoms with Crippen LogP contribution in [0.5, 0.6) is 5.75 Å². The number of halogens is 1. The second-order valence-electron chi connectivity index (χ2n) is 5.31. The molecule has 0 unspecified atom stereocenters. The molecule has 1 N–H and O–H groups in total. The summed E-state index contributed by atoms with van der Waals surface area (Å²) >= 11 is 5.78. The van der Waals surface area contributed by atoms with Gasteiger partial charge in [-0.2, -0.15) is 0 Å². The summed E-state index contributed by atoms with van der Waals surface area (Å²) in [6.07, 6.45) is 0.732. The van der Waals surface area contributed by atoms with Crippen molar-refractivity contribution in [3.05, 3.63) is 65.7 Å². The molecule has 2 rings (SSSR count). The molecule has 4 nitrogen and oxygen atoms in total. The Morgan fingerprint density at radius 2 is 1.83 bits per heavy atom. The topological polar surface area (TPSA) is 47.6 Å². The minimum absolute atomic E-state index is 0.0630. The van der Waals surface area contributed by atoms with E-state index in [9.17, 15) is 4.79 Å². The lowest BCUT2D eigenvalue weighted by Gasteiger charge is -2.08. The number of benzene rings is 2. The first kappa shape index (κ1) is 18.3. The van der Waals surface area contributed by atoms with E-state index in [1.807, 2.05) is 54.6 Å². The highest BCUT2D eigenvalue weighted by Gasteiger charge is 2.01. The third kappa shape index (κ3) is 7.02. The predicted octanol–water partition coefficient (Wildman–Crippen LogP) is 3.53. The zero-order chi connectivity index (χ0) is 17.0.